The summed E-state index contributed by atoms with van der Waals surface area (Å²) in [6.45, 7) is 1.78. The minimum absolute atomic E-state index is 0.140. The van der Waals surface area contributed by atoms with Crippen molar-refractivity contribution in [3.8, 4) is 5.88 Å². The highest BCUT2D eigenvalue weighted by molar-refractivity contribution is 14.1. The van der Waals surface area contributed by atoms with Gasteiger partial charge in [-0.3, -0.25) is 4.90 Å². The van der Waals surface area contributed by atoms with Crippen molar-refractivity contribution in [2.75, 3.05) is 24.7 Å². The second kappa shape index (κ2) is 8.81. The van der Waals surface area contributed by atoms with E-state index in [1.54, 1.807) is 16.8 Å². The summed E-state index contributed by atoms with van der Waals surface area (Å²) in [4.78, 5) is 17.9. The molecule has 0 bridgehead atoms. The van der Waals surface area contributed by atoms with Crippen molar-refractivity contribution in [3.05, 3.63) is 16.0 Å². The fraction of sp³-hybridized carbons (Fsp3) is 0.632. The van der Waals surface area contributed by atoms with Gasteiger partial charge in [-0.25, -0.2) is 14.3 Å². The Balaban J connectivity index is 1.67. The van der Waals surface area contributed by atoms with Crippen LogP contribution in [0.5, 0.6) is 5.88 Å². The number of ether oxygens (including phenoxy) is 2. The number of imidazole rings is 1. The maximum atomic E-state index is 12.1. The zero-order valence-electron chi connectivity index (χ0n) is 15.7. The van der Waals surface area contributed by atoms with Crippen molar-refractivity contribution in [3.63, 3.8) is 0 Å². The minimum Gasteiger partial charge on any atom is -0.473 e. The molecule has 2 aromatic heterocycles. The quantitative estimate of drug-likeness (QED) is 0.626. The van der Waals surface area contributed by atoms with Gasteiger partial charge in [0.2, 0.25) is 5.88 Å². The van der Waals surface area contributed by atoms with Crippen LogP contribution in [0.2, 0.25) is 0 Å². The smallest absolute Gasteiger partial charge is 0.411 e. The number of amides is 1. The lowest BCUT2D eigenvalue weighted by molar-refractivity contribution is 0.0680. The summed E-state index contributed by atoms with van der Waals surface area (Å²) in [5, 5.41) is 14.5. The van der Waals surface area contributed by atoms with Gasteiger partial charge < -0.3 is 14.6 Å². The molecular formula is C19H25IN4O4. The first-order chi connectivity index (χ1) is 13.6. The molecule has 28 heavy (non-hydrogen) atoms. The molecular weight excluding hydrogens is 475 g/mol. The standard InChI is InChI=1S/C19H25IN4O4/c20-16-11-21-18-15(23(19(25)26)12-13-6-8-27-9-7-13)10-17(22-24(16)18)28-14-4-2-1-3-5-14/h10-11,13-14H,1-9,12H2,(H,25,26). The van der Waals surface area contributed by atoms with Gasteiger partial charge in [0.1, 0.15) is 9.80 Å². The number of hydrogen-bond acceptors (Lipinski definition) is 5. The van der Waals surface area contributed by atoms with Crippen molar-refractivity contribution in [1.29, 1.82) is 0 Å². The SMILES string of the molecule is O=C(O)N(CC1CCOCC1)c1cc(OC2CCCCC2)nn2c(I)cnc12. The topological polar surface area (TPSA) is 89.2 Å². The lowest BCUT2D eigenvalue weighted by atomic mass is 9.98. The highest BCUT2D eigenvalue weighted by Crippen LogP contribution is 2.30. The average Bonchev–Trinajstić information content (AvgIpc) is 3.08. The fourth-order valence-corrected chi connectivity index (χ4v) is 4.46. The summed E-state index contributed by atoms with van der Waals surface area (Å²) in [5.41, 5.74) is 1.07. The Morgan fingerprint density at radius 2 is 2.04 bits per heavy atom. The Labute approximate surface area is 177 Å². The molecule has 1 aliphatic heterocycles. The first-order valence-corrected chi connectivity index (χ1v) is 11.0. The molecule has 0 spiro atoms. The van der Waals surface area contributed by atoms with E-state index in [4.69, 9.17) is 9.47 Å². The Hall–Kier alpha value is -1.62. The predicted octanol–water partition coefficient (Wildman–Crippen LogP) is 3.96. The van der Waals surface area contributed by atoms with Gasteiger partial charge >= 0.3 is 6.09 Å². The summed E-state index contributed by atoms with van der Waals surface area (Å²) in [5.74, 6) is 0.735. The lowest BCUT2D eigenvalue weighted by Gasteiger charge is -2.28. The Morgan fingerprint density at radius 1 is 1.29 bits per heavy atom. The molecule has 3 heterocycles. The van der Waals surface area contributed by atoms with Gasteiger partial charge in [0.25, 0.3) is 0 Å². The highest BCUT2D eigenvalue weighted by atomic mass is 127. The van der Waals surface area contributed by atoms with Crippen LogP contribution in [0.4, 0.5) is 10.5 Å². The molecule has 2 aliphatic rings. The summed E-state index contributed by atoms with van der Waals surface area (Å²) < 4.78 is 14.1. The average molecular weight is 500 g/mol. The van der Waals surface area contributed by atoms with Crippen LogP contribution >= 0.6 is 22.6 Å². The van der Waals surface area contributed by atoms with Gasteiger partial charge in [0, 0.05) is 25.8 Å². The largest absolute Gasteiger partial charge is 0.473 e. The summed E-state index contributed by atoms with van der Waals surface area (Å²) >= 11 is 2.15. The molecule has 0 unspecified atom stereocenters. The third kappa shape index (κ3) is 4.35. The van der Waals surface area contributed by atoms with E-state index in [1.807, 2.05) is 0 Å². The number of fused-ring (bicyclic) bond motifs is 1. The molecule has 9 heteroatoms. The molecule has 1 aliphatic carbocycles. The van der Waals surface area contributed by atoms with Gasteiger partial charge in [-0.1, -0.05) is 6.42 Å². The molecule has 1 N–H and O–H groups in total. The first kappa shape index (κ1) is 19.7. The molecule has 0 radical (unpaired) electrons. The van der Waals surface area contributed by atoms with E-state index in [1.165, 1.54) is 11.3 Å². The van der Waals surface area contributed by atoms with Crippen molar-refractivity contribution in [1.82, 2.24) is 14.6 Å². The van der Waals surface area contributed by atoms with E-state index in [0.29, 0.717) is 37.0 Å². The molecule has 0 atom stereocenters. The number of rotatable bonds is 5. The van der Waals surface area contributed by atoms with E-state index >= 15 is 0 Å². The van der Waals surface area contributed by atoms with E-state index < -0.39 is 6.09 Å². The molecule has 4 rings (SSSR count). The molecule has 152 valence electrons. The van der Waals surface area contributed by atoms with Crippen LogP contribution in [-0.4, -0.2) is 51.7 Å². The molecule has 0 aromatic carbocycles. The number of aromatic nitrogens is 3. The zero-order valence-corrected chi connectivity index (χ0v) is 17.9. The number of halogens is 1. The summed E-state index contributed by atoms with van der Waals surface area (Å²) in [6, 6.07) is 1.74. The van der Waals surface area contributed by atoms with Gasteiger partial charge in [-0.05, 0) is 67.0 Å². The second-order valence-corrected chi connectivity index (χ2v) is 8.62. The van der Waals surface area contributed by atoms with Crippen molar-refractivity contribution in [2.45, 2.75) is 51.0 Å². The number of carbonyl (C=O) groups is 1. The van der Waals surface area contributed by atoms with E-state index in [2.05, 4.69) is 32.7 Å². The van der Waals surface area contributed by atoms with Crippen LogP contribution < -0.4 is 9.64 Å². The summed E-state index contributed by atoms with van der Waals surface area (Å²) in [6.07, 6.45) is 8.18. The van der Waals surface area contributed by atoms with E-state index in [0.717, 1.165) is 42.2 Å². The van der Waals surface area contributed by atoms with Gasteiger partial charge in [-0.2, -0.15) is 0 Å². The lowest BCUT2D eigenvalue weighted by Crippen LogP contribution is -2.36. The maximum absolute atomic E-state index is 12.1. The van der Waals surface area contributed by atoms with Gasteiger partial charge in [-0.15, -0.1) is 5.10 Å². The van der Waals surface area contributed by atoms with E-state index in [-0.39, 0.29) is 12.0 Å². The number of nitrogens with zero attached hydrogens (tertiary/aromatic N) is 4. The number of carboxylic acid groups (broad SMARTS) is 1. The van der Waals surface area contributed by atoms with Gasteiger partial charge in [0.15, 0.2) is 5.65 Å². The monoisotopic (exact) mass is 500 g/mol. The van der Waals surface area contributed by atoms with Crippen LogP contribution in [0.1, 0.15) is 44.9 Å². The minimum atomic E-state index is -0.985. The van der Waals surface area contributed by atoms with Crippen molar-refractivity contribution in [2.24, 2.45) is 5.92 Å². The third-order valence-electron chi connectivity index (χ3n) is 5.53. The molecule has 2 aromatic rings. The molecule has 2 fully saturated rings. The van der Waals surface area contributed by atoms with Crippen LogP contribution in [0, 0.1) is 9.62 Å². The normalized spacial score (nSPS) is 19.0. The summed E-state index contributed by atoms with van der Waals surface area (Å²) in [7, 11) is 0. The predicted molar refractivity (Wildman–Crippen MR) is 112 cm³/mol. The molecule has 8 nitrogen and oxygen atoms in total. The van der Waals surface area contributed by atoms with Crippen LogP contribution in [-0.2, 0) is 4.74 Å². The number of hydrogen-bond donors (Lipinski definition) is 1. The zero-order chi connectivity index (χ0) is 19.5. The van der Waals surface area contributed by atoms with Crippen LogP contribution in [0.25, 0.3) is 5.65 Å². The molecule has 1 saturated heterocycles. The number of anilines is 1. The Kier molecular flexibility index (Phi) is 6.19. The van der Waals surface area contributed by atoms with Crippen molar-refractivity contribution < 1.29 is 19.4 Å². The van der Waals surface area contributed by atoms with Crippen LogP contribution in [0.15, 0.2) is 12.3 Å². The maximum Gasteiger partial charge on any atom is 0.411 e. The fourth-order valence-electron chi connectivity index (χ4n) is 3.98. The highest BCUT2D eigenvalue weighted by Gasteiger charge is 2.26. The first-order valence-electron chi connectivity index (χ1n) is 9.91. The van der Waals surface area contributed by atoms with E-state index in [9.17, 15) is 9.90 Å². The second-order valence-electron chi connectivity index (χ2n) is 7.51. The van der Waals surface area contributed by atoms with Crippen molar-refractivity contribution >= 4 is 40.0 Å². The third-order valence-corrected chi connectivity index (χ3v) is 6.26. The Morgan fingerprint density at radius 3 is 2.75 bits per heavy atom. The Bertz CT molecular complexity index is 831. The van der Waals surface area contributed by atoms with Crippen LogP contribution in [0.3, 0.4) is 0 Å². The van der Waals surface area contributed by atoms with Gasteiger partial charge in [0.05, 0.1) is 11.9 Å². The molecule has 1 amide bonds. The molecule has 1 saturated carbocycles.